The molecule has 0 saturated heterocycles. The molecule has 0 amide bonds. The Bertz CT molecular complexity index is 1530. The van der Waals surface area contributed by atoms with Gasteiger partial charge in [-0.3, -0.25) is 4.79 Å². The van der Waals surface area contributed by atoms with Crippen molar-refractivity contribution in [3.8, 4) is 16.9 Å². The van der Waals surface area contributed by atoms with Gasteiger partial charge in [-0.05, 0) is 104 Å². The second-order valence-electron chi connectivity index (χ2n) is 10.4. The number of aryl methyl sites for hydroxylation is 4. The summed E-state index contributed by atoms with van der Waals surface area (Å²) in [5.41, 5.74) is 10.9. The van der Waals surface area contributed by atoms with Crippen LogP contribution in [0.2, 0.25) is 0 Å². The number of nitrogens with zero attached hydrogens (tertiary/aromatic N) is 1. The van der Waals surface area contributed by atoms with Gasteiger partial charge in [-0.1, -0.05) is 83.9 Å². The SMILES string of the molecule is CC(=O)COc1ccc(CCc2ccc(N(c3ccc(C)cc3)c3ccc(-c4ccc(C)cc4)cc3)cc2)cc1. The number of anilines is 3. The van der Waals surface area contributed by atoms with Gasteiger partial charge in [-0.2, -0.15) is 0 Å². The number of carbonyl (C=O) groups is 1. The van der Waals surface area contributed by atoms with Gasteiger partial charge in [0.15, 0.2) is 5.78 Å². The summed E-state index contributed by atoms with van der Waals surface area (Å²) in [6.07, 6.45) is 1.89. The Morgan fingerprint density at radius 3 is 1.40 bits per heavy atom. The lowest BCUT2D eigenvalue weighted by Crippen LogP contribution is -2.10. The minimum Gasteiger partial charge on any atom is -0.486 e. The van der Waals surface area contributed by atoms with Crippen LogP contribution in [0.4, 0.5) is 17.1 Å². The molecule has 200 valence electrons. The van der Waals surface area contributed by atoms with Gasteiger partial charge in [0.25, 0.3) is 0 Å². The average molecular weight is 526 g/mol. The highest BCUT2D eigenvalue weighted by Gasteiger charge is 2.13. The van der Waals surface area contributed by atoms with Crippen LogP contribution in [-0.2, 0) is 17.6 Å². The van der Waals surface area contributed by atoms with Crippen LogP contribution in [0.5, 0.6) is 5.75 Å². The van der Waals surface area contributed by atoms with E-state index in [2.05, 4.69) is 128 Å². The fraction of sp³-hybridized carbons (Fsp3) is 0.162. The van der Waals surface area contributed by atoms with Gasteiger partial charge in [0.05, 0.1) is 0 Å². The van der Waals surface area contributed by atoms with Gasteiger partial charge in [-0.15, -0.1) is 0 Å². The fourth-order valence-corrected chi connectivity index (χ4v) is 4.73. The van der Waals surface area contributed by atoms with Crippen molar-refractivity contribution in [3.05, 3.63) is 144 Å². The smallest absolute Gasteiger partial charge is 0.167 e. The molecular weight excluding hydrogens is 490 g/mol. The van der Waals surface area contributed by atoms with Crippen LogP contribution in [0.15, 0.2) is 121 Å². The van der Waals surface area contributed by atoms with Crippen molar-refractivity contribution in [1.82, 2.24) is 0 Å². The van der Waals surface area contributed by atoms with E-state index in [1.54, 1.807) is 0 Å². The van der Waals surface area contributed by atoms with Crippen LogP contribution >= 0.6 is 0 Å². The molecule has 0 aliphatic rings. The lowest BCUT2D eigenvalue weighted by atomic mass is 10.0. The van der Waals surface area contributed by atoms with E-state index in [0.717, 1.165) is 35.7 Å². The van der Waals surface area contributed by atoms with Gasteiger partial charge < -0.3 is 9.64 Å². The third kappa shape index (κ3) is 6.86. The molecule has 0 spiro atoms. The fourth-order valence-electron chi connectivity index (χ4n) is 4.73. The largest absolute Gasteiger partial charge is 0.486 e. The van der Waals surface area contributed by atoms with E-state index in [0.29, 0.717) is 0 Å². The molecular formula is C37H35NO2. The zero-order valence-corrected chi connectivity index (χ0v) is 23.4. The maximum atomic E-state index is 11.1. The summed E-state index contributed by atoms with van der Waals surface area (Å²) in [6, 6.07) is 43.0. The summed E-state index contributed by atoms with van der Waals surface area (Å²) >= 11 is 0. The first-order valence-electron chi connectivity index (χ1n) is 13.8. The van der Waals surface area contributed by atoms with Crippen molar-refractivity contribution in [2.24, 2.45) is 0 Å². The highest BCUT2D eigenvalue weighted by atomic mass is 16.5. The van der Waals surface area contributed by atoms with Crippen molar-refractivity contribution in [2.75, 3.05) is 11.5 Å². The van der Waals surface area contributed by atoms with E-state index in [1.165, 1.54) is 40.3 Å². The standard InChI is InChI=1S/C37H35NO2/c1-27-4-14-32(15-5-27)33-16-22-36(23-17-33)38(34-18-6-28(2)7-19-34)35-20-10-30(11-21-35)8-9-31-12-24-37(25-13-31)40-26-29(3)39/h4-7,10-25H,8-9,26H2,1-3H3. The van der Waals surface area contributed by atoms with Gasteiger partial charge in [0, 0.05) is 17.1 Å². The van der Waals surface area contributed by atoms with Crippen LogP contribution in [0.1, 0.15) is 29.2 Å². The summed E-state index contributed by atoms with van der Waals surface area (Å²) in [7, 11) is 0. The van der Waals surface area contributed by atoms with Crippen LogP contribution < -0.4 is 9.64 Å². The molecule has 0 heterocycles. The number of benzene rings is 5. The van der Waals surface area contributed by atoms with Gasteiger partial charge >= 0.3 is 0 Å². The lowest BCUT2D eigenvalue weighted by molar-refractivity contribution is -0.118. The normalized spacial score (nSPS) is 10.8. The molecule has 5 rings (SSSR count). The molecule has 0 saturated carbocycles. The van der Waals surface area contributed by atoms with Crippen LogP contribution in [0.3, 0.4) is 0 Å². The first-order chi connectivity index (χ1) is 19.4. The maximum Gasteiger partial charge on any atom is 0.167 e. The number of hydrogen-bond acceptors (Lipinski definition) is 3. The molecule has 0 fully saturated rings. The lowest BCUT2D eigenvalue weighted by Gasteiger charge is -2.26. The first kappa shape index (κ1) is 27.0. The summed E-state index contributed by atoms with van der Waals surface area (Å²) in [5, 5.41) is 0. The molecule has 40 heavy (non-hydrogen) atoms. The molecule has 3 nitrogen and oxygen atoms in total. The topological polar surface area (TPSA) is 29.5 Å². The molecule has 0 aliphatic carbocycles. The number of ether oxygens (including phenoxy) is 1. The van der Waals surface area contributed by atoms with Crippen molar-refractivity contribution < 1.29 is 9.53 Å². The third-order valence-corrected chi connectivity index (χ3v) is 7.06. The van der Waals surface area contributed by atoms with Crippen LogP contribution in [0.25, 0.3) is 11.1 Å². The molecule has 0 N–H and O–H groups in total. The van der Waals surface area contributed by atoms with E-state index in [-0.39, 0.29) is 12.4 Å². The van der Waals surface area contributed by atoms with Gasteiger partial charge in [-0.25, -0.2) is 0 Å². The summed E-state index contributed by atoms with van der Waals surface area (Å²) in [5.74, 6) is 0.749. The molecule has 5 aromatic rings. The Labute approximate surface area is 237 Å². The van der Waals surface area contributed by atoms with Crippen molar-refractivity contribution in [2.45, 2.75) is 33.6 Å². The number of Topliss-reactive ketones (excluding diaryl/α,β-unsaturated/α-hetero) is 1. The molecule has 0 aliphatic heterocycles. The van der Waals surface area contributed by atoms with Gasteiger partial charge in [0.2, 0.25) is 0 Å². The van der Waals surface area contributed by atoms with Crippen molar-refractivity contribution in [3.63, 3.8) is 0 Å². The number of hydrogen-bond donors (Lipinski definition) is 0. The monoisotopic (exact) mass is 525 g/mol. The van der Waals surface area contributed by atoms with E-state index in [4.69, 9.17) is 4.74 Å². The van der Waals surface area contributed by atoms with Gasteiger partial charge in [0.1, 0.15) is 12.4 Å². The molecule has 0 bridgehead atoms. The van der Waals surface area contributed by atoms with E-state index < -0.39 is 0 Å². The Kier molecular flexibility index (Phi) is 8.41. The highest BCUT2D eigenvalue weighted by molar-refractivity contribution is 5.78. The zero-order chi connectivity index (χ0) is 27.9. The first-order valence-corrected chi connectivity index (χ1v) is 13.8. The maximum absolute atomic E-state index is 11.1. The Morgan fingerprint density at radius 1 is 0.550 bits per heavy atom. The molecule has 0 aromatic heterocycles. The predicted molar refractivity (Wildman–Crippen MR) is 166 cm³/mol. The number of rotatable bonds is 10. The van der Waals surface area contributed by atoms with Crippen LogP contribution in [0, 0.1) is 13.8 Å². The minimum atomic E-state index is 0.0210. The highest BCUT2D eigenvalue weighted by Crippen LogP contribution is 2.36. The zero-order valence-electron chi connectivity index (χ0n) is 23.4. The third-order valence-electron chi connectivity index (χ3n) is 7.06. The van der Waals surface area contributed by atoms with E-state index in [9.17, 15) is 4.79 Å². The molecule has 5 aromatic carbocycles. The summed E-state index contributed by atoms with van der Waals surface area (Å²) < 4.78 is 5.48. The quantitative estimate of drug-likeness (QED) is 0.182. The Balaban J connectivity index is 1.33. The van der Waals surface area contributed by atoms with E-state index in [1.807, 2.05) is 12.1 Å². The van der Waals surface area contributed by atoms with Crippen molar-refractivity contribution in [1.29, 1.82) is 0 Å². The Hall–Kier alpha value is -4.63. The Morgan fingerprint density at radius 2 is 0.925 bits per heavy atom. The second-order valence-corrected chi connectivity index (χ2v) is 10.4. The minimum absolute atomic E-state index is 0.0210. The molecule has 3 heteroatoms. The molecule has 0 radical (unpaired) electrons. The second kappa shape index (κ2) is 12.5. The predicted octanol–water partition coefficient (Wildman–Crippen LogP) is 9.19. The van der Waals surface area contributed by atoms with Crippen LogP contribution in [-0.4, -0.2) is 12.4 Å². The van der Waals surface area contributed by atoms with E-state index >= 15 is 0 Å². The van der Waals surface area contributed by atoms with Crippen molar-refractivity contribution >= 4 is 22.8 Å². The molecule has 0 unspecified atom stereocenters. The number of ketones is 1. The average Bonchev–Trinajstić information content (AvgIpc) is 2.98. The molecule has 0 atom stereocenters. The number of carbonyl (C=O) groups excluding carboxylic acids is 1. The summed E-state index contributed by atoms with van der Waals surface area (Å²) in [6.45, 7) is 5.87. The summed E-state index contributed by atoms with van der Waals surface area (Å²) in [4.78, 5) is 13.4.